The number of amides is 2. The molecule has 23 heavy (non-hydrogen) atoms. The standard InChI is InChI=1S/C19H22N2O2/c1-4-12-23-18-10-8-16(9-11-18)14-21(3)19(22)20-17-7-5-6-15(2)13-17/h4-11,13H,1,12,14H2,2-3H3,(H,20,22). The van der Waals surface area contributed by atoms with E-state index in [0.29, 0.717) is 13.2 Å². The van der Waals surface area contributed by atoms with Crippen LogP contribution in [0.15, 0.2) is 61.2 Å². The van der Waals surface area contributed by atoms with Crippen molar-refractivity contribution in [3.05, 3.63) is 72.3 Å². The number of nitrogens with one attached hydrogen (secondary N) is 1. The lowest BCUT2D eigenvalue weighted by Gasteiger charge is -2.18. The Morgan fingerprint density at radius 3 is 2.65 bits per heavy atom. The molecule has 120 valence electrons. The molecule has 2 rings (SSSR count). The topological polar surface area (TPSA) is 41.6 Å². The van der Waals surface area contributed by atoms with Gasteiger partial charge in [-0.3, -0.25) is 0 Å². The highest BCUT2D eigenvalue weighted by molar-refractivity contribution is 5.89. The quantitative estimate of drug-likeness (QED) is 0.812. The van der Waals surface area contributed by atoms with Crippen molar-refractivity contribution in [2.45, 2.75) is 13.5 Å². The van der Waals surface area contributed by atoms with E-state index in [4.69, 9.17) is 4.74 Å². The first-order valence-corrected chi connectivity index (χ1v) is 7.50. The summed E-state index contributed by atoms with van der Waals surface area (Å²) in [7, 11) is 1.77. The number of rotatable bonds is 6. The van der Waals surface area contributed by atoms with Gasteiger partial charge in [-0.05, 0) is 42.3 Å². The van der Waals surface area contributed by atoms with E-state index in [0.717, 1.165) is 22.6 Å². The van der Waals surface area contributed by atoms with E-state index in [1.807, 2.05) is 55.5 Å². The third kappa shape index (κ3) is 5.18. The predicted octanol–water partition coefficient (Wildman–Crippen LogP) is 4.22. The number of aryl methyl sites for hydroxylation is 1. The first kappa shape index (κ1) is 16.6. The van der Waals surface area contributed by atoms with Gasteiger partial charge in [0.2, 0.25) is 0 Å². The van der Waals surface area contributed by atoms with Gasteiger partial charge in [0, 0.05) is 19.3 Å². The molecule has 0 aliphatic heterocycles. The SMILES string of the molecule is C=CCOc1ccc(CN(C)C(=O)Nc2cccc(C)c2)cc1. The van der Waals surface area contributed by atoms with E-state index in [-0.39, 0.29) is 6.03 Å². The van der Waals surface area contributed by atoms with Gasteiger partial charge in [0.1, 0.15) is 12.4 Å². The zero-order valence-corrected chi connectivity index (χ0v) is 13.6. The first-order chi connectivity index (χ1) is 11.1. The molecule has 4 nitrogen and oxygen atoms in total. The monoisotopic (exact) mass is 310 g/mol. The van der Waals surface area contributed by atoms with Crippen LogP contribution in [0.25, 0.3) is 0 Å². The molecule has 0 unspecified atom stereocenters. The fourth-order valence-corrected chi connectivity index (χ4v) is 2.13. The summed E-state index contributed by atoms with van der Waals surface area (Å²) in [6.07, 6.45) is 1.71. The second-order valence-electron chi connectivity index (χ2n) is 5.40. The van der Waals surface area contributed by atoms with Crippen LogP contribution in [-0.2, 0) is 6.54 Å². The van der Waals surface area contributed by atoms with Crippen molar-refractivity contribution in [2.75, 3.05) is 19.0 Å². The van der Waals surface area contributed by atoms with Crippen molar-refractivity contribution in [1.82, 2.24) is 4.90 Å². The van der Waals surface area contributed by atoms with Gasteiger partial charge in [0.05, 0.1) is 0 Å². The normalized spacial score (nSPS) is 10.0. The van der Waals surface area contributed by atoms with Crippen LogP contribution in [0.1, 0.15) is 11.1 Å². The van der Waals surface area contributed by atoms with Crippen LogP contribution in [0.4, 0.5) is 10.5 Å². The molecule has 0 saturated carbocycles. The third-order valence-electron chi connectivity index (χ3n) is 3.33. The third-order valence-corrected chi connectivity index (χ3v) is 3.33. The fourth-order valence-electron chi connectivity index (χ4n) is 2.13. The average molecular weight is 310 g/mol. The van der Waals surface area contributed by atoms with Crippen molar-refractivity contribution in [3.63, 3.8) is 0 Å². The van der Waals surface area contributed by atoms with Gasteiger partial charge in [-0.2, -0.15) is 0 Å². The number of nitrogens with zero attached hydrogens (tertiary/aromatic N) is 1. The van der Waals surface area contributed by atoms with Crippen molar-refractivity contribution >= 4 is 11.7 Å². The Morgan fingerprint density at radius 1 is 1.26 bits per heavy atom. The molecule has 0 aliphatic carbocycles. The van der Waals surface area contributed by atoms with Crippen LogP contribution < -0.4 is 10.1 Å². The number of hydrogen-bond donors (Lipinski definition) is 1. The van der Waals surface area contributed by atoms with Crippen molar-refractivity contribution in [1.29, 1.82) is 0 Å². The molecule has 2 aromatic rings. The molecule has 0 aliphatic rings. The summed E-state index contributed by atoms with van der Waals surface area (Å²) in [4.78, 5) is 13.9. The highest BCUT2D eigenvalue weighted by Crippen LogP contribution is 2.14. The van der Waals surface area contributed by atoms with Crippen LogP contribution in [0.5, 0.6) is 5.75 Å². The van der Waals surface area contributed by atoms with E-state index in [2.05, 4.69) is 11.9 Å². The van der Waals surface area contributed by atoms with Gasteiger partial charge in [-0.1, -0.05) is 36.9 Å². The van der Waals surface area contributed by atoms with Crippen molar-refractivity contribution in [2.24, 2.45) is 0 Å². The zero-order valence-electron chi connectivity index (χ0n) is 13.6. The highest BCUT2D eigenvalue weighted by Gasteiger charge is 2.09. The minimum Gasteiger partial charge on any atom is -0.490 e. The average Bonchev–Trinajstić information content (AvgIpc) is 2.54. The van der Waals surface area contributed by atoms with Crippen LogP contribution >= 0.6 is 0 Å². The summed E-state index contributed by atoms with van der Waals surface area (Å²) in [5.41, 5.74) is 2.95. The van der Waals surface area contributed by atoms with E-state index >= 15 is 0 Å². The second kappa shape index (κ2) is 8.03. The molecule has 0 fully saturated rings. The lowest BCUT2D eigenvalue weighted by Crippen LogP contribution is -2.30. The molecule has 0 aromatic heterocycles. The Kier molecular flexibility index (Phi) is 5.80. The van der Waals surface area contributed by atoms with Gasteiger partial charge in [-0.15, -0.1) is 0 Å². The molecule has 0 atom stereocenters. The number of anilines is 1. The molecule has 0 bridgehead atoms. The molecule has 0 saturated heterocycles. The second-order valence-corrected chi connectivity index (χ2v) is 5.40. The summed E-state index contributed by atoms with van der Waals surface area (Å²) >= 11 is 0. The molecule has 2 aromatic carbocycles. The lowest BCUT2D eigenvalue weighted by atomic mass is 10.2. The van der Waals surface area contributed by atoms with Crippen LogP contribution in [0.3, 0.4) is 0 Å². The van der Waals surface area contributed by atoms with E-state index in [1.54, 1.807) is 18.0 Å². The van der Waals surface area contributed by atoms with Gasteiger partial charge in [0.25, 0.3) is 0 Å². The number of carbonyl (C=O) groups excluding carboxylic acids is 1. The lowest BCUT2D eigenvalue weighted by molar-refractivity contribution is 0.220. The fraction of sp³-hybridized carbons (Fsp3) is 0.211. The summed E-state index contributed by atoms with van der Waals surface area (Å²) in [6, 6.07) is 15.3. The minimum absolute atomic E-state index is 0.136. The first-order valence-electron chi connectivity index (χ1n) is 7.50. The maximum Gasteiger partial charge on any atom is 0.321 e. The number of carbonyl (C=O) groups is 1. The largest absolute Gasteiger partial charge is 0.490 e. The van der Waals surface area contributed by atoms with Crippen LogP contribution in [-0.4, -0.2) is 24.6 Å². The molecule has 2 amide bonds. The van der Waals surface area contributed by atoms with Gasteiger partial charge in [0.15, 0.2) is 0 Å². The highest BCUT2D eigenvalue weighted by atomic mass is 16.5. The van der Waals surface area contributed by atoms with Gasteiger partial charge in [-0.25, -0.2) is 4.79 Å². The molecule has 0 heterocycles. The predicted molar refractivity (Wildman–Crippen MR) is 93.8 cm³/mol. The molecule has 4 heteroatoms. The summed E-state index contributed by atoms with van der Waals surface area (Å²) < 4.78 is 5.44. The molecule has 0 spiro atoms. The Hall–Kier alpha value is -2.75. The Labute approximate surface area is 137 Å². The van der Waals surface area contributed by atoms with Crippen molar-refractivity contribution < 1.29 is 9.53 Å². The van der Waals surface area contributed by atoms with E-state index in [9.17, 15) is 4.79 Å². The van der Waals surface area contributed by atoms with Gasteiger partial charge >= 0.3 is 6.03 Å². The number of urea groups is 1. The number of benzene rings is 2. The smallest absolute Gasteiger partial charge is 0.321 e. The van der Waals surface area contributed by atoms with Crippen molar-refractivity contribution in [3.8, 4) is 5.75 Å². The van der Waals surface area contributed by atoms with Gasteiger partial charge < -0.3 is 15.0 Å². The number of ether oxygens (including phenoxy) is 1. The summed E-state index contributed by atoms with van der Waals surface area (Å²) in [5, 5.41) is 2.89. The van der Waals surface area contributed by atoms with Crippen LogP contribution in [0, 0.1) is 6.92 Å². The maximum atomic E-state index is 12.2. The number of hydrogen-bond acceptors (Lipinski definition) is 2. The Bertz CT molecular complexity index is 665. The van der Waals surface area contributed by atoms with E-state index < -0.39 is 0 Å². The summed E-state index contributed by atoms with van der Waals surface area (Å²) in [5.74, 6) is 0.792. The molecular formula is C19H22N2O2. The Morgan fingerprint density at radius 2 is 2.00 bits per heavy atom. The maximum absolute atomic E-state index is 12.2. The Balaban J connectivity index is 1.91. The zero-order chi connectivity index (χ0) is 16.7. The van der Waals surface area contributed by atoms with E-state index in [1.165, 1.54) is 0 Å². The molecule has 0 radical (unpaired) electrons. The molecular weight excluding hydrogens is 288 g/mol. The van der Waals surface area contributed by atoms with Crippen LogP contribution in [0.2, 0.25) is 0 Å². The summed E-state index contributed by atoms with van der Waals surface area (Å²) in [6.45, 7) is 6.62. The molecule has 1 N–H and O–H groups in total. The minimum atomic E-state index is -0.136.